The molecule has 2 aromatic carbocycles. The highest BCUT2D eigenvalue weighted by Crippen LogP contribution is 2.50. The minimum absolute atomic E-state index is 0.0604. The number of fused-ring (bicyclic) bond motifs is 4. The number of rotatable bonds is 5. The third-order valence-corrected chi connectivity index (χ3v) is 9.02. The van der Waals surface area contributed by atoms with Crippen molar-refractivity contribution in [1.82, 2.24) is 14.8 Å². The van der Waals surface area contributed by atoms with E-state index in [0.717, 1.165) is 86.1 Å². The Balaban J connectivity index is 1.37. The first-order valence-electron chi connectivity index (χ1n) is 13.6. The highest BCUT2D eigenvalue weighted by molar-refractivity contribution is 5.89. The van der Waals surface area contributed by atoms with Crippen LogP contribution in [0.1, 0.15) is 61.4 Å². The van der Waals surface area contributed by atoms with Gasteiger partial charge in [0.1, 0.15) is 11.6 Å². The average molecular weight is 506 g/mol. The van der Waals surface area contributed by atoms with Crippen LogP contribution in [0.15, 0.2) is 42.5 Å². The Morgan fingerprint density at radius 3 is 2.65 bits per heavy atom. The van der Waals surface area contributed by atoms with Gasteiger partial charge in [-0.1, -0.05) is 25.0 Å². The zero-order valence-corrected chi connectivity index (χ0v) is 21.5. The van der Waals surface area contributed by atoms with Crippen molar-refractivity contribution in [2.75, 3.05) is 33.4 Å². The number of aromatic amines is 1. The molecule has 2 fully saturated rings. The Morgan fingerprint density at radius 1 is 1.16 bits per heavy atom. The highest BCUT2D eigenvalue weighted by atomic mass is 19.1. The van der Waals surface area contributed by atoms with Crippen LogP contribution >= 0.6 is 0 Å². The van der Waals surface area contributed by atoms with E-state index < -0.39 is 0 Å². The number of likely N-dealkylation sites (tertiary alicyclic amines) is 1. The van der Waals surface area contributed by atoms with E-state index in [9.17, 15) is 14.3 Å². The van der Waals surface area contributed by atoms with Crippen LogP contribution in [0.2, 0.25) is 0 Å². The smallest absolute Gasteiger partial charge is 0.226 e. The van der Waals surface area contributed by atoms with Gasteiger partial charge in [0.2, 0.25) is 5.91 Å². The minimum Gasteiger partial charge on any atom is -0.497 e. The van der Waals surface area contributed by atoms with E-state index in [1.165, 1.54) is 11.6 Å². The van der Waals surface area contributed by atoms with E-state index in [2.05, 4.69) is 16.0 Å². The predicted molar refractivity (Wildman–Crippen MR) is 141 cm³/mol. The van der Waals surface area contributed by atoms with Crippen molar-refractivity contribution in [3.8, 4) is 5.75 Å². The molecule has 1 aliphatic carbocycles. The maximum absolute atomic E-state index is 13.8. The molecule has 3 heterocycles. The summed E-state index contributed by atoms with van der Waals surface area (Å²) in [5.74, 6) is 0.836. The fraction of sp³-hybridized carbons (Fsp3) is 0.500. The van der Waals surface area contributed by atoms with Crippen LogP contribution in [0.4, 0.5) is 4.39 Å². The standard InChI is InChI=1S/C30H36FN3O3/c1-37-23-9-10-24-25(16-23)32-28-26(18-35)34(29(36)21-6-2-3-7-21)19-30(27(24)28)11-13-33(14-12-30)17-20-5-4-8-22(31)15-20/h4-5,8-10,15-16,21,26,32,35H,2-3,6-7,11-14,17-19H2,1H3/t26-/m1/s1. The zero-order chi connectivity index (χ0) is 25.6. The molecule has 1 atom stereocenters. The lowest BCUT2D eigenvalue weighted by molar-refractivity contribution is -0.141. The monoisotopic (exact) mass is 505 g/mol. The van der Waals surface area contributed by atoms with Gasteiger partial charge in [-0.05, 0) is 74.2 Å². The lowest BCUT2D eigenvalue weighted by Crippen LogP contribution is -2.56. The number of carbonyl (C=O) groups excluding carboxylic acids is 1. The number of piperidine rings is 1. The molecular weight excluding hydrogens is 469 g/mol. The Kier molecular flexibility index (Phi) is 6.45. The Bertz CT molecular complexity index is 1290. The molecule has 1 aromatic heterocycles. The van der Waals surface area contributed by atoms with Gasteiger partial charge in [0.05, 0.1) is 19.8 Å². The lowest BCUT2D eigenvalue weighted by atomic mass is 9.68. The van der Waals surface area contributed by atoms with E-state index in [0.29, 0.717) is 6.54 Å². The number of carbonyl (C=O) groups is 1. The second kappa shape index (κ2) is 9.76. The number of ether oxygens (including phenoxy) is 1. The average Bonchev–Trinajstić information content (AvgIpc) is 3.58. The molecule has 1 spiro atoms. The molecule has 7 heteroatoms. The number of nitrogens with one attached hydrogen (secondary N) is 1. The maximum Gasteiger partial charge on any atom is 0.226 e. The van der Waals surface area contributed by atoms with Gasteiger partial charge in [-0.15, -0.1) is 0 Å². The van der Waals surface area contributed by atoms with Crippen molar-refractivity contribution in [3.63, 3.8) is 0 Å². The number of hydrogen-bond acceptors (Lipinski definition) is 4. The van der Waals surface area contributed by atoms with E-state index in [1.807, 2.05) is 23.1 Å². The summed E-state index contributed by atoms with van der Waals surface area (Å²) in [6, 6.07) is 12.6. The van der Waals surface area contributed by atoms with Gasteiger partial charge in [0.15, 0.2) is 0 Å². The summed E-state index contributed by atoms with van der Waals surface area (Å²) in [7, 11) is 1.67. The van der Waals surface area contributed by atoms with Gasteiger partial charge in [0.25, 0.3) is 0 Å². The van der Waals surface area contributed by atoms with Gasteiger partial charge in [-0.2, -0.15) is 0 Å². The van der Waals surface area contributed by atoms with Gasteiger partial charge < -0.3 is 19.7 Å². The largest absolute Gasteiger partial charge is 0.497 e. The van der Waals surface area contributed by atoms with Crippen molar-refractivity contribution in [2.24, 2.45) is 5.92 Å². The van der Waals surface area contributed by atoms with E-state index >= 15 is 0 Å². The number of methoxy groups -OCH3 is 1. The predicted octanol–water partition coefficient (Wildman–Crippen LogP) is 4.92. The molecule has 1 saturated carbocycles. The summed E-state index contributed by atoms with van der Waals surface area (Å²) in [5.41, 5.74) is 4.00. The van der Waals surface area contributed by atoms with Gasteiger partial charge in [-0.3, -0.25) is 9.69 Å². The molecular formula is C30H36FN3O3. The number of hydrogen-bond donors (Lipinski definition) is 2. The van der Waals surface area contributed by atoms with Crippen LogP contribution in [-0.2, 0) is 16.8 Å². The molecule has 37 heavy (non-hydrogen) atoms. The first-order chi connectivity index (χ1) is 18.0. The molecule has 0 radical (unpaired) electrons. The molecule has 2 N–H and O–H groups in total. The lowest BCUT2D eigenvalue weighted by Gasteiger charge is -2.50. The number of aliphatic hydroxyl groups excluding tert-OH is 1. The molecule has 0 bridgehead atoms. The Labute approximate surface area is 217 Å². The first kappa shape index (κ1) is 24.4. The number of amides is 1. The van der Waals surface area contributed by atoms with Crippen LogP contribution < -0.4 is 4.74 Å². The summed E-state index contributed by atoms with van der Waals surface area (Å²) >= 11 is 0. The third kappa shape index (κ3) is 4.32. The fourth-order valence-corrected chi connectivity index (χ4v) is 7.09. The van der Waals surface area contributed by atoms with Crippen LogP contribution in [0.25, 0.3) is 10.9 Å². The third-order valence-electron chi connectivity index (χ3n) is 9.02. The minimum atomic E-state index is -0.363. The van der Waals surface area contributed by atoms with Crippen molar-refractivity contribution in [2.45, 2.75) is 56.5 Å². The normalized spacial score (nSPS) is 22.0. The van der Waals surface area contributed by atoms with E-state index in [-0.39, 0.29) is 35.7 Å². The van der Waals surface area contributed by atoms with E-state index in [1.54, 1.807) is 19.2 Å². The zero-order valence-electron chi connectivity index (χ0n) is 21.5. The number of aromatic nitrogens is 1. The van der Waals surface area contributed by atoms with E-state index in [4.69, 9.17) is 4.74 Å². The van der Waals surface area contributed by atoms with Crippen molar-refractivity contribution >= 4 is 16.8 Å². The number of aliphatic hydroxyl groups is 1. The second-order valence-corrected chi connectivity index (χ2v) is 11.2. The molecule has 3 aromatic rings. The SMILES string of the molecule is COc1ccc2c3c([nH]c2c1)[C@@H](CO)N(C(=O)C1CCCC1)CC31CCN(Cc2cccc(F)c2)CC1. The topological polar surface area (TPSA) is 68.8 Å². The maximum atomic E-state index is 13.8. The van der Waals surface area contributed by atoms with Gasteiger partial charge >= 0.3 is 0 Å². The first-order valence-corrected chi connectivity index (χ1v) is 13.6. The van der Waals surface area contributed by atoms with Gasteiger partial charge in [-0.25, -0.2) is 4.39 Å². The molecule has 6 rings (SSSR count). The Morgan fingerprint density at radius 2 is 1.95 bits per heavy atom. The summed E-state index contributed by atoms with van der Waals surface area (Å²) in [4.78, 5) is 21.8. The fourth-order valence-electron chi connectivity index (χ4n) is 7.09. The number of nitrogens with zero attached hydrogens (tertiary/aromatic N) is 2. The summed E-state index contributed by atoms with van der Waals surface area (Å²) in [5, 5.41) is 11.7. The number of H-pyrrole nitrogens is 1. The molecule has 3 aliphatic rings. The van der Waals surface area contributed by atoms with Crippen LogP contribution in [0.5, 0.6) is 5.75 Å². The van der Waals surface area contributed by atoms with Gasteiger partial charge in [0, 0.05) is 47.1 Å². The summed E-state index contributed by atoms with van der Waals surface area (Å²) < 4.78 is 19.3. The van der Waals surface area contributed by atoms with Crippen molar-refractivity contribution in [1.29, 1.82) is 0 Å². The molecule has 6 nitrogen and oxygen atoms in total. The molecule has 1 amide bonds. The summed E-state index contributed by atoms with van der Waals surface area (Å²) in [6.07, 6.45) is 5.90. The number of benzene rings is 2. The molecule has 2 aliphatic heterocycles. The molecule has 0 unspecified atom stereocenters. The second-order valence-electron chi connectivity index (χ2n) is 11.2. The molecule has 196 valence electrons. The van der Waals surface area contributed by atoms with Crippen LogP contribution in [0, 0.1) is 11.7 Å². The van der Waals surface area contributed by atoms with Crippen molar-refractivity contribution < 1.29 is 19.0 Å². The quantitative estimate of drug-likeness (QED) is 0.517. The van der Waals surface area contributed by atoms with Crippen molar-refractivity contribution in [3.05, 3.63) is 65.1 Å². The van der Waals surface area contributed by atoms with Crippen LogP contribution in [-0.4, -0.2) is 59.1 Å². The highest BCUT2D eigenvalue weighted by Gasteiger charge is 2.49. The number of halogens is 1. The van der Waals surface area contributed by atoms with Crippen LogP contribution in [0.3, 0.4) is 0 Å². The Hall–Kier alpha value is -2.90. The molecule has 1 saturated heterocycles. The summed E-state index contributed by atoms with van der Waals surface area (Å²) in [6.45, 7) is 2.99.